The lowest BCUT2D eigenvalue weighted by molar-refractivity contribution is -0.136. The van der Waals surface area contributed by atoms with Crippen LogP contribution in [0.3, 0.4) is 0 Å². The summed E-state index contributed by atoms with van der Waals surface area (Å²) in [6.45, 7) is 4.50. The quantitative estimate of drug-likeness (QED) is 0.197. The summed E-state index contributed by atoms with van der Waals surface area (Å²) in [6, 6.07) is 0. The van der Waals surface area contributed by atoms with Gasteiger partial charge >= 0.3 is 5.97 Å². The molecule has 0 N–H and O–H groups in total. The first kappa shape index (κ1) is 22.6. The maximum Gasteiger partial charge on any atom is 0.332 e. The number of hydrogen-bond donors (Lipinski definition) is 0. The Morgan fingerprint density at radius 1 is 0.800 bits per heavy atom. The third-order valence-corrected chi connectivity index (χ3v) is 6.14. The van der Waals surface area contributed by atoms with E-state index >= 15 is 0 Å². The van der Waals surface area contributed by atoms with Crippen molar-refractivity contribution >= 4 is 17.7 Å². The summed E-state index contributed by atoms with van der Waals surface area (Å²) in [5.41, 5.74) is 1.23. The van der Waals surface area contributed by atoms with Crippen LogP contribution in [0.4, 0.5) is 0 Å². The molecule has 0 saturated carbocycles. The molecule has 1 aliphatic rings. The molecule has 3 heteroatoms. The molecule has 0 saturated heterocycles. The third kappa shape index (κ3) is 11.7. The first-order chi connectivity index (χ1) is 12.3. The highest BCUT2D eigenvalue weighted by Crippen LogP contribution is 2.30. The lowest BCUT2D eigenvalue weighted by Gasteiger charge is -2.14. The van der Waals surface area contributed by atoms with Crippen LogP contribution in [-0.2, 0) is 9.53 Å². The Morgan fingerprint density at radius 3 is 1.92 bits per heavy atom. The van der Waals surface area contributed by atoms with Crippen LogP contribution in [0.2, 0.25) is 0 Å². The molecule has 1 aliphatic heterocycles. The number of esters is 1. The van der Waals surface area contributed by atoms with E-state index < -0.39 is 0 Å². The van der Waals surface area contributed by atoms with Crippen LogP contribution in [0.15, 0.2) is 11.6 Å². The van der Waals surface area contributed by atoms with E-state index in [2.05, 4.69) is 13.8 Å². The number of ether oxygens (including phenoxy) is 1. The van der Waals surface area contributed by atoms with Crippen molar-refractivity contribution in [2.75, 3.05) is 5.75 Å². The van der Waals surface area contributed by atoms with Gasteiger partial charge in [0.15, 0.2) is 5.44 Å². The van der Waals surface area contributed by atoms with E-state index in [4.69, 9.17) is 4.74 Å². The van der Waals surface area contributed by atoms with Crippen LogP contribution < -0.4 is 0 Å². The summed E-state index contributed by atoms with van der Waals surface area (Å²) >= 11 is 1.83. The topological polar surface area (TPSA) is 26.3 Å². The number of hydrogen-bond acceptors (Lipinski definition) is 3. The lowest BCUT2D eigenvalue weighted by atomic mass is 10.1. The zero-order valence-corrected chi connectivity index (χ0v) is 17.5. The smallest absolute Gasteiger partial charge is 0.332 e. The molecule has 0 bridgehead atoms. The lowest BCUT2D eigenvalue weighted by Crippen LogP contribution is -2.08. The van der Waals surface area contributed by atoms with Crippen molar-refractivity contribution in [1.29, 1.82) is 0 Å². The molecule has 1 rings (SSSR count). The predicted molar refractivity (Wildman–Crippen MR) is 111 cm³/mol. The first-order valence-electron chi connectivity index (χ1n) is 10.8. The van der Waals surface area contributed by atoms with E-state index in [1.807, 2.05) is 11.8 Å². The Balaban J connectivity index is 1.97. The zero-order valence-electron chi connectivity index (χ0n) is 16.7. The van der Waals surface area contributed by atoms with Gasteiger partial charge in [-0.3, -0.25) is 0 Å². The molecule has 0 radical (unpaired) electrons. The van der Waals surface area contributed by atoms with E-state index in [0.29, 0.717) is 0 Å². The van der Waals surface area contributed by atoms with Crippen molar-refractivity contribution in [2.24, 2.45) is 0 Å². The number of cyclic esters (lactones) is 1. The monoisotopic (exact) mass is 368 g/mol. The second kappa shape index (κ2) is 15.8. The van der Waals surface area contributed by atoms with Gasteiger partial charge < -0.3 is 4.74 Å². The molecule has 0 spiro atoms. The average molecular weight is 369 g/mol. The highest BCUT2D eigenvalue weighted by Gasteiger charge is 2.25. The van der Waals surface area contributed by atoms with E-state index in [1.165, 1.54) is 95.5 Å². The van der Waals surface area contributed by atoms with Gasteiger partial charge in [0.2, 0.25) is 0 Å². The second-order valence-electron chi connectivity index (χ2n) is 7.35. The van der Waals surface area contributed by atoms with Crippen molar-refractivity contribution < 1.29 is 9.53 Å². The molecular formula is C22H40O2S. The van der Waals surface area contributed by atoms with Gasteiger partial charge in [0, 0.05) is 6.08 Å². The van der Waals surface area contributed by atoms with Gasteiger partial charge in [0.05, 0.1) is 0 Å². The van der Waals surface area contributed by atoms with Crippen LogP contribution >= 0.6 is 11.8 Å². The van der Waals surface area contributed by atoms with Crippen LogP contribution in [0.25, 0.3) is 0 Å². The van der Waals surface area contributed by atoms with Gasteiger partial charge in [0.1, 0.15) is 0 Å². The maximum atomic E-state index is 11.5. The number of unbranched alkanes of at least 4 members (excludes halogenated alkanes) is 12. The average Bonchev–Trinajstić information content (AvgIpc) is 2.96. The molecule has 1 heterocycles. The van der Waals surface area contributed by atoms with Crippen molar-refractivity contribution in [3.63, 3.8) is 0 Å². The number of rotatable bonds is 17. The second-order valence-corrected chi connectivity index (χ2v) is 8.52. The molecule has 146 valence electrons. The minimum Gasteiger partial charge on any atom is -0.443 e. The molecule has 25 heavy (non-hydrogen) atoms. The number of carbonyl (C=O) groups excluding carboxylic acids is 1. The maximum absolute atomic E-state index is 11.5. The molecule has 0 aromatic rings. The van der Waals surface area contributed by atoms with Gasteiger partial charge in [-0.1, -0.05) is 90.9 Å². The van der Waals surface area contributed by atoms with Crippen LogP contribution in [-0.4, -0.2) is 17.2 Å². The molecule has 1 atom stereocenters. The van der Waals surface area contributed by atoms with E-state index in [9.17, 15) is 4.79 Å². The third-order valence-electron chi connectivity index (χ3n) is 4.92. The molecule has 0 aromatic heterocycles. The molecule has 0 fully saturated rings. The van der Waals surface area contributed by atoms with Crippen LogP contribution in [0.5, 0.6) is 0 Å². The molecule has 0 aliphatic carbocycles. The van der Waals surface area contributed by atoms with Crippen molar-refractivity contribution in [1.82, 2.24) is 0 Å². The Hall–Kier alpha value is -0.440. The molecule has 1 unspecified atom stereocenters. The Kier molecular flexibility index (Phi) is 14.3. The van der Waals surface area contributed by atoms with Crippen molar-refractivity contribution in [3.8, 4) is 0 Å². The van der Waals surface area contributed by atoms with Crippen molar-refractivity contribution in [2.45, 2.75) is 116 Å². The van der Waals surface area contributed by atoms with Crippen molar-refractivity contribution in [3.05, 3.63) is 11.6 Å². The summed E-state index contributed by atoms with van der Waals surface area (Å²) in [7, 11) is 0. The largest absolute Gasteiger partial charge is 0.443 e. The molecule has 2 nitrogen and oxygen atoms in total. The Labute approximate surface area is 160 Å². The predicted octanol–water partition coefficient (Wildman–Crippen LogP) is 7.42. The Bertz CT molecular complexity index is 365. The normalized spacial score (nSPS) is 17.0. The van der Waals surface area contributed by atoms with Crippen LogP contribution in [0.1, 0.15) is 110 Å². The molecular weight excluding hydrogens is 328 g/mol. The van der Waals surface area contributed by atoms with Crippen LogP contribution in [0, 0.1) is 0 Å². The minimum atomic E-state index is -0.133. The van der Waals surface area contributed by atoms with Gasteiger partial charge in [0.25, 0.3) is 0 Å². The Morgan fingerprint density at radius 2 is 1.32 bits per heavy atom. The summed E-state index contributed by atoms with van der Waals surface area (Å²) in [4.78, 5) is 11.5. The van der Waals surface area contributed by atoms with E-state index in [-0.39, 0.29) is 11.4 Å². The van der Waals surface area contributed by atoms with Gasteiger partial charge in [-0.15, -0.1) is 11.8 Å². The minimum absolute atomic E-state index is 0.00712. The summed E-state index contributed by atoms with van der Waals surface area (Å²) < 4.78 is 5.45. The standard InChI is InChI=1S/C22H40O2S/c1-3-5-7-9-10-11-12-13-14-16-18-25-22-20(19-21(23)24-22)17-15-8-6-4-2/h19,22H,3-18H2,1-2H3. The summed E-state index contributed by atoms with van der Waals surface area (Å²) in [5, 5.41) is 0. The molecule has 0 aromatic carbocycles. The number of carbonyl (C=O) groups is 1. The highest BCUT2D eigenvalue weighted by atomic mass is 32.2. The fraction of sp³-hybridized carbons (Fsp3) is 0.864. The summed E-state index contributed by atoms with van der Waals surface area (Å²) in [5.74, 6) is 0.979. The SMILES string of the molecule is CCCCCCCCCCCCSC1OC(=O)C=C1CCCCCC. The van der Waals surface area contributed by atoms with Gasteiger partial charge in [-0.25, -0.2) is 4.79 Å². The fourth-order valence-corrected chi connectivity index (χ4v) is 4.45. The van der Waals surface area contributed by atoms with E-state index in [1.54, 1.807) is 6.08 Å². The highest BCUT2D eigenvalue weighted by molar-refractivity contribution is 7.99. The molecule has 0 amide bonds. The first-order valence-corrected chi connectivity index (χ1v) is 11.9. The number of thioether (sulfide) groups is 1. The van der Waals surface area contributed by atoms with Gasteiger partial charge in [-0.05, 0) is 30.6 Å². The van der Waals surface area contributed by atoms with Gasteiger partial charge in [-0.2, -0.15) is 0 Å². The zero-order chi connectivity index (χ0) is 18.2. The summed E-state index contributed by atoms with van der Waals surface area (Å²) in [6.07, 6.45) is 21.5. The fourth-order valence-electron chi connectivity index (χ4n) is 3.30. The van der Waals surface area contributed by atoms with E-state index in [0.717, 1.165) is 12.2 Å².